The molecule has 1 atom stereocenters. The molecule has 96 valence electrons. The molecule has 1 aromatic rings. The molecule has 1 fully saturated rings. The van der Waals surface area contributed by atoms with Gasteiger partial charge in [0.25, 0.3) is 0 Å². The molecule has 0 aliphatic carbocycles. The van der Waals surface area contributed by atoms with E-state index in [9.17, 15) is 5.26 Å². The highest BCUT2D eigenvalue weighted by atomic mass is 16.5. The average molecular weight is 246 g/mol. The summed E-state index contributed by atoms with van der Waals surface area (Å²) in [6.45, 7) is 5.02. The van der Waals surface area contributed by atoms with Gasteiger partial charge in [-0.25, -0.2) is 0 Å². The van der Waals surface area contributed by atoms with E-state index in [1.165, 1.54) is 0 Å². The number of rotatable bonds is 3. The second-order valence-corrected chi connectivity index (χ2v) is 4.41. The van der Waals surface area contributed by atoms with Crippen LogP contribution in [0.4, 0.5) is 0 Å². The molecule has 4 nitrogen and oxygen atoms in total. The number of nitriles is 1. The molecule has 18 heavy (non-hydrogen) atoms. The normalized spacial score (nSPS) is 18.1. The smallest absolute Gasteiger partial charge is 0.124 e. The maximum absolute atomic E-state index is 9.39. The number of benzene rings is 1. The van der Waals surface area contributed by atoms with Crippen LogP contribution in [0.25, 0.3) is 0 Å². The fourth-order valence-corrected chi connectivity index (χ4v) is 2.27. The summed E-state index contributed by atoms with van der Waals surface area (Å²) in [6.07, 6.45) is 0. The van der Waals surface area contributed by atoms with Crippen LogP contribution in [0.3, 0.4) is 0 Å². The zero-order valence-electron chi connectivity index (χ0n) is 10.8. The van der Waals surface area contributed by atoms with Gasteiger partial charge >= 0.3 is 0 Å². The van der Waals surface area contributed by atoms with Crippen molar-refractivity contribution in [3.63, 3.8) is 0 Å². The van der Waals surface area contributed by atoms with Gasteiger partial charge in [-0.2, -0.15) is 5.26 Å². The lowest BCUT2D eigenvalue weighted by molar-refractivity contribution is 0.0266. The van der Waals surface area contributed by atoms with Crippen LogP contribution in [-0.2, 0) is 4.74 Å². The molecule has 1 aliphatic heterocycles. The van der Waals surface area contributed by atoms with Crippen LogP contribution in [0, 0.1) is 18.3 Å². The maximum atomic E-state index is 9.39. The fraction of sp³-hybridized carbons (Fsp3) is 0.500. The zero-order valence-corrected chi connectivity index (χ0v) is 10.8. The number of ether oxygens (including phenoxy) is 2. The summed E-state index contributed by atoms with van der Waals surface area (Å²) >= 11 is 0. The van der Waals surface area contributed by atoms with Crippen molar-refractivity contribution in [2.45, 2.75) is 13.0 Å². The van der Waals surface area contributed by atoms with E-state index in [-0.39, 0.29) is 6.04 Å². The molecule has 0 N–H and O–H groups in total. The molecule has 0 bridgehead atoms. The highest BCUT2D eigenvalue weighted by Crippen LogP contribution is 2.26. The second-order valence-electron chi connectivity index (χ2n) is 4.41. The van der Waals surface area contributed by atoms with Gasteiger partial charge in [-0.05, 0) is 30.2 Å². The minimum atomic E-state index is -0.196. The Labute approximate surface area is 108 Å². The van der Waals surface area contributed by atoms with E-state index in [0.717, 1.165) is 30.0 Å². The Morgan fingerprint density at radius 3 is 2.67 bits per heavy atom. The Bertz CT molecular complexity index is 448. The Balaban J connectivity index is 2.22. The van der Waals surface area contributed by atoms with Crippen LogP contribution in [0.5, 0.6) is 5.75 Å². The summed E-state index contributed by atoms with van der Waals surface area (Å²) in [5.41, 5.74) is 2.08. The third kappa shape index (κ3) is 2.63. The molecule has 1 saturated heterocycles. The molecule has 0 spiro atoms. The fourth-order valence-electron chi connectivity index (χ4n) is 2.27. The molecule has 0 aromatic heterocycles. The van der Waals surface area contributed by atoms with Gasteiger partial charge in [0.2, 0.25) is 0 Å². The highest BCUT2D eigenvalue weighted by molar-refractivity contribution is 5.38. The molecule has 1 heterocycles. The van der Waals surface area contributed by atoms with Crippen molar-refractivity contribution >= 4 is 0 Å². The topological polar surface area (TPSA) is 45.5 Å². The first-order chi connectivity index (χ1) is 8.76. The van der Waals surface area contributed by atoms with Crippen molar-refractivity contribution < 1.29 is 9.47 Å². The molecule has 2 rings (SSSR count). The second kappa shape index (κ2) is 5.85. The molecule has 0 saturated carbocycles. The van der Waals surface area contributed by atoms with Gasteiger partial charge in [0.15, 0.2) is 0 Å². The molecule has 1 aliphatic rings. The maximum Gasteiger partial charge on any atom is 0.124 e. The summed E-state index contributed by atoms with van der Waals surface area (Å²) in [6, 6.07) is 8.11. The first kappa shape index (κ1) is 12.9. The van der Waals surface area contributed by atoms with Gasteiger partial charge in [0.05, 0.1) is 26.4 Å². The lowest BCUT2D eigenvalue weighted by Gasteiger charge is -2.30. The third-order valence-corrected chi connectivity index (χ3v) is 3.27. The van der Waals surface area contributed by atoms with E-state index in [1.807, 2.05) is 25.1 Å². The summed E-state index contributed by atoms with van der Waals surface area (Å²) in [5.74, 6) is 0.859. The molecule has 1 unspecified atom stereocenters. The molecule has 0 amide bonds. The van der Waals surface area contributed by atoms with Gasteiger partial charge in [-0.3, -0.25) is 4.90 Å². The van der Waals surface area contributed by atoms with E-state index in [2.05, 4.69) is 11.0 Å². The SMILES string of the molecule is COc1ccc(C(C#N)N2CCOCC2)cc1C. The molecular weight excluding hydrogens is 228 g/mol. The predicted molar refractivity (Wildman–Crippen MR) is 68.5 cm³/mol. The van der Waals surface area contributed by atoms with Gasteiger partial charge in [0, 0.05) is 13.1 Å². The summed E-state index contributed by atoms with van der Waals surface area (Å²) in [7, 11) is 1.66. The Hall–Kier alpha value is -1.57. The largest absolute Gasteiger partial charge is 0.496 e. The van der Waals surface area contributed by atoms with Crippen LogP contribution < -0.4 is 4.74 Å². The number of hydrogen-bond acceptors (Lipinski definition) is 4. The van der Waals surface area contributed by atoms with Crippen molar-refractivity contribution in [3.8, 4) is 11.8 Å². The Morgan fingerprint density at radius 1 is 1.39 bits per heavy atom. The number of hydrogen-bond donors (Lipinski definition) is 0. The standard InChI is InChI=1S/C14H18N2O2/c1-11-9-12(3-4-14(11)17-2)13(10-15)16-5-7-18-8-6-16/h3-4,9,13H,5-8H2,1-2H3. The molecule has 4 heteroatoms. The third-order valence-electron chi connectivity index (χ3n) is 3.27. The van der Waals surface area contributed by atoms with Crippen LogP contribution >= 0.6 is 0 Å². The first-order valence-corrected chi connectivity index (χ1v) is 6.12. The minimum Gasteiger partial charge on any atom is -0.496 e. The van der Waals surface area contributed by atoms with Crippen molar-refractivity contribution in [1.29, 1.82) is 5.26 Å². The van der Waals surface area contributed by atoms with E-state index in [0.29, 0.717) is 13.2 Å². The average Bonchev–Trinajstić information content (AvgIpc) is 2.41. The molecular formula is C14H18N2O2. The van der Waals surface area contributed by atoms with Crippen molar-refractivity contribution in [2.24, 2.45) is 0 Å². The van der Waals surface area contributed by atoms with Gasteiger partial charge in [-0.15, -0.1) is 0 Å². The van der Waals surface area contributed by atoms with Crippen LogP contribution in [0.2, 0.25) is 0 Å². The quantitative estimate of drug-likeness (QED) is 0.817. The van der Waals surface area contributed by atoms with Gasteiger partial charge in [-0.1, -0.05) is 6.07 Å². The first-order valence-electron chi connectivity index (χ1n) is 6.12. The highest BCUT2D eigenvalue weighted by Gasteiger charge is 2.22. The van der Waals surface area contributed by atoms with E-state index in [4.69, 9.17) is 9.47 Å². The molecule has 0 radical (unpaired) electrons. The molecule has 1 aromatic carbocycles. The van der Waals surface area contributed by atoms with E-state index < -0.39 is 0 Å². The van der Waals surface area contributed by atoms with Crippen molar-refractivity contribution in [1.82, 2.24) is 4.90 Å². The zero-order chi connectivity index (χ0) is 13.0. The summed E-state index contributed by atoms with van der Waals surface area (Å²) in [5, 5.41) is 9.39. The number of aryl methyl sites for hydroxylation is 1. The van der Waals surface area contributed by atoms with Gasteiger partial charge in [0.1, 0.15) is 11.8 Å². The summed E-state index contributed by atoms with van der Waals surface area (Å²) in [4.78, 5) is 2.16. The van der Waals surface area contributed by atoms with E-state index in [1.54, 1.807) is 7.11 Å². The summed E-state index contributed by atoms with van der Waals surface area (Å²) < 4.78 is 10.6. The minimum absolute atomic E-state index is 0.196. The lowest BCUT2D eigenvalue weighted by Crippen LogP contribution is -2.38. The predicted octanol–water partition coefficient (Wildman–Crippen LogP) is 1.90. The number of morpholine rings is 1. The van der Waals surface area contributed by atoms with Crippen molar-refractivity contribution in [2.75, 3.05) is 33.4 Å². The Kier molecular flexibility index (Phi) is 4.19. The van der Waals surface area contributed by atoms with Crippen LogP contribution in [0.15, 0.2) is 18.2 Å². The van der Waals surface area contributed by atoms with Crippen LogP contribution in [0.1, 0.15) is 17.2 Å². The van der Waals surface area contributed by atoms with Gasteiger partial charge < -0.3 is 9.47 Å². The lowest BCUT2D eigenvalue weighted by atomic mass is 10.0. The number of nitrogens with zero attached hydrogens (tertiary/aromatic N) is 2. The van der Waals surface area contributed by atoms with E-state index >= 15 is 0 Å². The Morgan fingerprint density at radius 2 is 2.11 bits per heavy atom. The monoisotopic (exact) mass is 246 g/mol. The van der Waals surface area contributed by atoms with Crippen molar-refractivity contribution in [3.05, 3.63) is 29.3 Å². The van der Waals surface area contributed by atoms with Crippen LogP contribution in [-0.4, -0.2) is 38.3 Å². The number of methoxy groups -OCH3 is 1.